The molecule has 1 heteroatoms. The van der Waals surface area contributed by atoms with Crippen LogP contribution in [-0.4, -0.2) is 5.78 Å². The van der Waals surface area contributed by atoms with Crippen LogP contribution in [0.2, 0.25) is 0 Å². The minimum Gasteiger partial charge on any atom is -0.299 e. The highest BCUT2D eigenvalue weighted by molar-refractivity contribution is 5.81. The molecule has 0 spiro atoms. The summed E-state index contributed by atoms with van der Waals surface area (Å²) >= 11 is 0. The zero-order chi connectivity index (χ0) is 12.1. The van der Waals surface area contributed by atoms with Gasteiger partial charge in [0, 0.05) is 12.3 Å². The lowest BCUT2D eigenvalue weighted by molar-refractivity contribution is -0.123. The van der Waals surface area contributed by atoms with Crippen molar-refractivity contribution >= 4 is 5.78 Å². The predicted octanol–water partition coefficient (Wildman–Crippen LogP) is 4.08. The number of ketones is 1. The Hall–Kier alpha value is -1.11. The second kappa shape index (κ2) is 6.00. The molecule has 1 saturated carbocycles. The highest BCUT2D eigenvalue weighted by Gasteiger charge is 2.20. The topological polar surface area (TPSA) is 17.1 Å². The Kier molecular flexibility index (Phi) is 4.36. The molecule has 1 aliphatic rings. The molecule has 0 aliphatic heterocycles. The standard InChI is InChI=1S/C16H22O/c1-13-6-5-7-14(12-13)10-11-16(17)15-8-3-2-4-9-15/h5-7,12,15H,2-4,8-11H2,1H3. The average molecular weight is 230 g/mol. The lowest BCUT2D eigenvalue weighted by atomic mass is 9.84. The van der Waals surface area contributed by atoms with Crippen molar-refractivity contribution in [2.45, 2.75) is 51.9 Å². The van der Waals surface area contributed by atoms with Crippen molar-refractivity contribution in [1.82, 2.24) is 0 Å². The molecule has 92 valence electrons. The summed E-state index contributed by atoms with van der Waals surface area (Å²) < 4.78 is 0. The first-order valence-corrected chi connectivity index (χ1v) is 6.84. The Balaban J connectivity index is 1.83. The average Bonchev–Trinajstić information content (AvgIpc) is 2.37. The largest absolute Gasteiger partial charge is 0.299 e. The first kappa shape index (κ1) is 12.3. The van der Waals surface area contributed by atoms with Crippen LogP contribution in [0.4, 0.5) is 0 Å². The Morgan fingerprint density at radius 1 is 1.24 bits per heavy atom. The first-order chi connectivity index (χ1) is 8.25. The summed E-state index contributed by atoms with van der Waals surface area (Å²) in [7, 11) is 0. The van der Waals surface area contributed by atoms with Crippen LogP contribution in [0.3, 0.4) is 0 Å². The molecular weight excluding hydrogens is 208 g/mol. The molecule has 0 N–H and O–H groups in total. The van der Waals surface area contributed by atoms with Gasteiger partial charge in [-0.25, -0.2) is 0 Å². The van der Waals surface area contributed by atoms with Crippen molar-refractivity contribution < 1.29 is 4.79 Å². The van der Waals surface area contributed by atoms with Crippen LogP contribution < -0.4 is 0 Å². The van der Waals surface area contributed by atoms with Crippen molar-refractivity contribution in [2.75, 3.05) is 0 Å². The molecule has 17 heavy (non-hydrogen) atoms. The van der Waals surface area contributed by atoms with E-state index in [-0.39, 0.29) is 0 Å². The van der Waals surface area contributed by atoms with Crippen LogP contribution in [0.5, 0.6) is 0 Å². The van der Waals surface area contributed by atoms with Gasteiger partial charge in [-0.3, -0.25) is 4.79 Å². The Morgan fingerprint density at radius 3 is 2.71 bits per heavy atom. The third-order valence-corrected chi connectivity index (χ3v) is 3.80. The number of carbonyl (C=O) groups is 1. The van der Waals surface area contributed by atoms with Crippen molar-refractivity contribution in [3.05, 3.63) is 35.4 Å². The van der Waals surface area contributed by atoms with Gasteiger partial charge in [0.2, 0.25) is 0 Å². The summed E-state index contributed by atoms with van der Waals surface area (Å²) in [5.74, 6) is 0.861. The Bertz CT molecular complexity index is 375. The van der Waals surface area contributed by atoms with Gasteiger partial charge < -0.3 is 0 Å². The van der Waals surface area contributed by atoms with Gasteiger partial charge in [-0.15, -0.1) is 0 Å². The van der Waals surface area contributed by atoms with Gasteiger partial charge in [0.25, 0.3) is 0 Å². The van der Waals surface area contributed by atoms with Crippen molar-refractivity contribution in [3.8, 4) is 0 Å². The maximum absolute atomic E-state index is 12.1. The quantitative estimate of drug-likeness (QED) is 0.761. The lowest BCUT2D eigenvalue weighted by Gasteiger charge is -2.20. The molecule has 0 saturated heterocycles. The maximum Gasteiger partial charge on any atom is 0.136 e. The highest BCUT2D eigenvalue weighted by Crippen LogP contribution is 2.25. The summed E-state index contributed by atoms with van der Waals surface area (Å²) in [6.45, 7) is 2.10. The lowest BCUT2D eigenvalue weighted by Crippen LogP contribution is -2.18. The zero-order valence-corrected chi connectivity index (χ0v) is 10.7. The number of hydrogen-bond acceptors (Lipinski definition) is 1. The van der Waals surface area contributed by atoms with Gasteiger partial charge in [-0.05, 0) is 31.7 Å². The van der Waals surface area contributed by atoms with E-state index < -0.39 is 0 Å². The van der Waals surface area contributed by atoms with Crippen LogP contribution in [0, 0.1) is 12.8 Å². The molecule has 0 unspecified atom stereocenters. The molecule has 0 bridgehead atoms. The van der Waals surface area contributed by atoms with Crippen LogP contribution in [0.25, 0.3) is 0 Å². The van der Waals surface area contributed by atoms with E-state index in [2.05, 4.69) is 31.2 Å². The monoisotopic (exact) mass is 230 g/mol. The minimum atomic E-state index is 0.369. The van der Waals surface area contributed by atoms with Crippen LogP contribution >= 0.6 is 0 Å². The SMILES string of the molecule is Cc1cccc(CCC(=O)C2CCCCC2)c1. The van der Waals surface area contributed by atoms with Gasteiger partial charge in [0.15, 0.2) is 0 Å². The third-order valence-electron chi connectivity index (χ3n) is 3.80. The van der Waals surface area contributed by atoms with Gasteiger partial charge in [-0.1, -0.05) is 49.1 Å². The summed E-state index contributed by atoms with van der Waals surface area (Å²) in [5.41, 5.74) is 2.58. The Morgan fingerprint density at radius 2 is 2.00 bits per heavy atom. The number of benzene rings is 1. The molecule has 2 rings (SSSR count). The second-order valence-corrected chi connectivity index (χ2v) is 5.29. The van der Waals surface area contributed by atoms with Crippen LogP contribution in [-0.2, 0) is 11.2 Å². The molecule has 1 fully saturated rings. The maximum atomic E-state index is 12.1. The molecule has 1 aromatic rings. The molecule has 1 aliphatic carbocycles. The zero-order valence-electron chi connectivity index (χ0n) is 10.7. The van der Waals surface area contributed by atoms with E-state index in [9.17, 15) is 4.79 Å². The molecular formula is C16H22O. The van der Waals surface area contributed by atoms with E-state index in [1.54, 1.807) is 0 Å². The smallest absolute Gasteiger partial charge is 0.136 e. The van der Waals surface area contributed by atoms with Gasteiger partial charge in [0.1, 0.15) is 5.78 Å². The molecule has 0 atom stereocenters. The first-order valence-electron chi connectivity index (χ1n) is 6.84. The predicted molar refractivity (Wildman–Crippen MR) is 71.1 cm³/mol. The van der Waals surface area contributed by atoms with Crippen molar-refractivity contribution in [3.63, 3.8) is 0 Å². The van der Waals surface area contributed by atoms with Gasteiger partial charge in [-0.2, -0.15) is 0 Å². The normalized spacial score (nSPS) is 17.0. The van der Waals surface area contributed by atoms with E-state index in [0.717, 1.165) is 25.7 Å². The van der Waals surface area contributed by atoms with Crippen LogP contribution in [0.1, 0.15) is 49.7 Å². The molecule has 0 aromatic heterocycles. The third kappa shape index (κ3) is 3.69. The number of aryl methyl sites for hydroxylation is 2. The molecule has 0 radical (unpaired) electrons. The molecule has 1 nitrogen and oxygen atoms in total. The van der Waals surface area contributed by atoms with Crippen molar-refractivity contribution in [2.24, 2.45) is 5.92 Å². The number of carbonyl (C=O) groups excluding carboxylic acids is 1. The fraction of sp³-hybridized carbons (Fsp3) is 0.562. The van der Waals surface area contributed by atoms with Gasteiger partial charge in [0.05, 0.1) is 0 Å². The van der Waals surface area contributed by atoms with E-state index in [0.29, 0.717) is 11.7 Å². The Labute approximate surface area is 104 Å². The van der Waals surface area contributed by atoms with E-state index in [4.69, 9.17) is 0 Å². The van der Waals surface area contributed by atoms with Gasteiger partial charge >= 0.3 is 0 Å². The second-order valence-electron chi connectivity index (χ2n) is 5.29. The molecule has 0 heterocycles. The number of Topliss-reactive ketones (excluding diaryl/α,β-unsaturated/α-hetero) is 1. The van der Waals surface area contributed by atoms with E-state index >= 15 is 0 Å². The van der Waals surface area contributed by atoms with Crippen LogP contribution in [0.15, 0.2) is 24.3 Å². The minimum absolute atomic E-state index is 0.369. The van der Waals surface area contributed by atoms with E-state index in [1.165, 1.54) is 30.4 Å². The number of hydrogen-bond donors (Lipinski definition) is 0. The highest BCUT2D eigenvalue weighted by atomic mass is 16.1. The fourth-order valence-corrected chi connectivity index (χ4v) is 2.76. The fourth-order valence-electron chi connectivity index (χ4n) is 2.76. The summed E-state index contributed by atoms with van der Waals surface area (Å²) in [4.78, 5) is 12.1. The molecule has 0 amide bonds. The number of rotatable bonds is 4. The van der Waals surface area contributed by atoms with Crippen molar-refractivity contribution in [1.29, 1.82) is 0 Å². The summed E-state index contributed by atoms with van der Waals surface area (Å²) in [6.07, 6.45) is 7.73. The molecule has 1 aromatic carbocycles. The summed E-state index contributed by atoms with van der Waals surface area (Å²) in [6, 6.07) is 8.50. The van der Waals surface area contributed by atoms with E-state index in [1.807, 2.05) is 0 Å². The summed E-state index contributed by atoms with van der Waals surface area (Å²) in [5, 5.41) is 0.